The molecule has 1 aromatic carbocycles. The Morgan fingerprint density at radius 3 is 2.77 bits per heavy atom. The molecule has 30 heavy (non-hydrogen) atoms. The third-order valence-corrected chi connectivity index (χ3v) is 4.95. The highest BCUT2D eigenvalue weighted by Gasteiger charge is 2.19. The van der Waals surface area contributed by atoms with Gasteiger partial charge in [-0.15, -0.1) is 0 Å². The fraction of sp³-hybridized carbons (Fsp3) is 0.333. The number of hydrogen-bond acceptors (Lipinski definition) is 6. The van der Waals surface area contributed by atoms with Gasteiger partial charge in [-0.25, -0.2) is 14.4 Å². The van der Waals surface area contributed by atoms with E-state index in [-0.39, 0.29) is 18.3 Å². The number of likely N-dealkylation sites (tertiary alicyclic amines) is 1. The quantitative estimate of drug-likeness (QED) is 0.672. The number of benzene rings is 1. The standard InChI is InChI=1S/C21H23FN6O2/c1-14-10-23-21(25-16-11-24-27(2)12-16)26-20(14)15-5-6-18(17(22)9-15)30-13-19(29)28-7-3-4-8-28/h5-6,9-12H,3-4,7-8,13H2,1-2H3,(H,23,25,26). The Balaban J connectivity index is 1.49. The maximum absolute atomic E-state index is 14.6. The van der Waals surface area contributed by atoms with Crippen LogP contribution in [0.15, 0.2) is 36.8 Å². The predicted octanol–water partition coefficient (Wildman–Crippen LogP) is 3.07. The number of ether oxygens (including phenoxy) is 1. The van der Waals surface area contributed by atoms with E-state index in [1.165, 1.54) is 12.1 Å². The summed E-state index contributed by atoms with van der Waals surface area (Å²) in [5, 5.41) is 7.18. The second kappa shape index (κ2) is 8.48. The number of rotatable bonds is 6. The van der Waals surface area contributed by atoms with Gasteiger partial charge in [0.1, 0.15) is 0 Å². The Morgan fingerprint density at radius 1 is 1.27 bits per heavy atom. The van der Waals surface area contributed by atoms with Crippen LogP contribution in [0.2, 0.25) is 0 Å². The Kier molecular flexibility index (Phi) is 5.60. The van der Waals surface area contributed by atoms with E-state index < -0.39 is 5.82 Å². The topological polar surface area (TPSA) is 85.2 Å². The minimum atomic E-state index is -0.540. The summed E-state index contributed by atoms with van der Waals surface area (Å²) in [4.78, 5) is 22.6. The highest BCUT2D eigenvalue weighted by molar-refractivity contribution is 5.78. The van der Waals surface area contributed by atoms with Crippen molar-refractivity contribution in [3.8, 4) is 17.0 Å². The van der Waals surface area contributed by atoms with Gasteiger partial charge in [-0.05, 0) is 43.5 Å². The maximum atomic E-state index is 14.6. The van der Waals surface area contributed by atoms with Crippen LogP contribution in [0.5, 0.6) is 5.75 Å². The Morgan fingerprint density at radius 2 is 2.07 bits per heavy atom. The van der Waals surface area contributed by atoms with Crippen LogP contribution in [0.4, 0.5) is 16.0 Å². The first kappa shape index (κ1) is 19.8. The number of carbonyl (C=O) groups excluding carboxylic acids is 1. The Labute approximate surface area is 173 Å². The maximum Gasteiger partial charge on any atom is 0.260 e. The average Bonchev–Trinajstić information content (AvgIpc) is 3.40. The second-order valence-corrected chi connectivity index (χ2v) is 7.27. The molecular formula is C21H23FN6O2. The molecule has 1 amide bonds. The van der Waals surface area contributed by atoms with Crippen molar-refractivity contribution in [2.75, 3.05) is 25.0 Å². The van der Waals surface area contributed by atoms with E-state index in [4.69, 9.17) is 4.74 Å². The summed E-state index contributed by atoms with van der Waals surface area (Å²) in [7, 11) is 1.82. The number of anilines is 2. The molecule has 156 valence electrons. The van der Waals surface area contributed by atoms with Crippen LogP contribution < -0.4 is 10.1 Å². The van der Waals surface area contributed by atoms with Crippen molar-refractivity contribution in [3.05, 3.63) is 48.2 Å². The number of halogens is 1. The van der Waals surface area contributed by atoms with E-state index in [1.54, 1.807) is 34.2 Å². The third kappa shape index (κ3) is 4.40. The molecule has 3 aromatic rings. The lowest BCUT2D eigenvalue weighted by Crippen LogP contribution is -2.32. The van der Waals surface area contributed by atoms with Gasteiger partial charge in [-0.2, -0.15) is 5.10 Å². The predicted molar refractivity (Wildman–Crippen MR) is 110 cm³/mol. The number of aromatic nitrogens is 4. The zero-order valence-corrected chi connectivity index (χ0v) is 16.9. The molecule has 1 aliphatic rings. The molecule has 2 aromatic heterocycles. The van der Waals surface area contributed by atoms with Crippen molar-refractivity contribution in [2.45, 2.75) is 19.8 Å². The lowest BCUT2D eigenvalue weighted by Gasteiger charge is -2.16. The number of aryl methyl sites for hydroxylation is 2. The molecule has 0 atom stereocenters. The lowest BCUT2D eigenvalue weighted by atomic mass is 10.1. The van der Waals surface area contributed by atoms with Crippen molar-refractivity contribution in [3.63, 3.8) is 0 Å². The molecule has 0 radical (unpaired) electrons. The molecule has 9 heteroatoms. The molecule has 0 spiro atoms. The third-order valence-electron chi connectivity index (χ3n) is 4.95. The minimum absolute atomic E-state index is 0.0479. The van der Waals surface area contributed by atoms with Crippen LogP contribution >= 0.6 is 0 Å². The van der Waals surface area contributed by atoms with Gasteiger partial charge in [0.15, 0.2) is 18.2 Å². The molecule has 4 rings (SSSR count). The van der Waals surface area contributed by atoms with Crippen molar-refractivity contribution in [1.29, 1.82) is 0 Å². The fourth-order valence-electron chi connectivity index (χ4n) is 3.37. The monoisotopic (exact) mass is 410 g/mol. The summed E-state index contributed by atoms with van der Waals surface area (Å²) in [6.45, 7) is 3.18. The van der Waals surface area contributed by atoms with Crippen molar-refractivity contribution in [2.24, 2.45) is 7.05 Å². The number of nitrogens with one attached hydrogen (secondary N) is 1. The number of carbonyl (C=O) groups is 1. The normalized spacial score (nSPS) is 13.5. The van der Waals surface area contributed by atoms with Crippen LogP contribution in [0, 0.1) is 12.7 Å². The highest BCUT2D eigenvalue weighted by atomic mass is 19.1. The average molecular weight is 410 g/mol. The van der Waals surface area contributed by atoms with Crippen molar-refractivity contribution < 1.29 is 13.9 Å². The van der Waals surface area contributed by atoms with E-state index in [2.05, 4.69) is 20.4 Å². The number of hydrogen-bond donors (Lipinski definition) is 1. The van der Waals surface area contributed by atoms with E-state index in [9.17, 15) is 9.18 Å². The van der Waals surface area contributed by atoms with Crippen LogP contribution in [0.1, 0.15) is 18.4 Å². The van der Waals surface area contributed by atoms with Gasteiger partial charge in [0.05, 0.1) is 17.6 Å². The molecular weight excluding hydrogens is 387 g/mol. The molecule has 1 N–H and O–H groups in total. The summed E-state index contributed by atoms with van der Waals surface area (Å²) in [6.07, 6.45) is 7.16. The summed E-state index contributed by atoms with van der Waals surface area (Å²) in [5.41, 5.74) is 2.77. The van der Waals surface area contributed by atoms with Gasteiger partial charge in [-0.1, -0.05) is 0 Å². The van der Waals surface area contributed by atoms with Crippen LogP contribution in [-0.2, 0) is 11.8 Å². The minimum Gasteiger partial charge on any atom is -0.481 e. The molecule has 3 heterocycles. The summed E-state index contributed by atoms with van der Waals surface area (Å²) in [5.74, 6) is -0.220. The molecule has 8 nitrogen and oxygen atoms in total. The zero-order valence-electron chi connectivity index (χ0n) is 16.9. The second-order valence-electron chi connectivity index (χ2n) is 7.27. The SMILES string of the molecule is Cc1cnc(Nc2cnn(C)c2)nc1-c1ccc(OCC(=O)N2CCCC2)c(F)c1. The fourth-order valence-corrected chi connectivity index (χ4v) is 3.37. The van der Waals surface area contributed by atoms with E-state index in [1.807, 2.05) is 14.0 Å². The van der Waals surface area contributed by atoms with Crippen LogP contribution in [0.25, 0.3) is 11.3 Å². The lowest BCUT2D eigenvalue weighted by molar-refractivity contribution is -0.132. The highest BCUT2D eigenvalue weighted by Crippen LogP contribution is 2.27. The van der Waals surface area contributed by atoms with Crippen molar-refractivity contribution >= 4 is 17.5 Å². The molecule has 0 saturated carbocycles. The molecule has 1 aliphatic heterocycles. The number of amides is 1. The first-order valence-electron chi connectivity index (χ1n) is 9.79. The number of nitrogens with zero attached hydrogens (tertiary/aromatic N) is 5. The van der Waals surface area contributed by atoms with Crippen LogP contribution in [0.3, 0.4) is 0 Å². The van der Waals surface area contributed by atoms with E-state index in [0.717, 1.165) is 37.2 Å². The van der Waals surface area contributed by atoms with Gasteiger partial charge >= 0.3 is 0 Å². The first-order valence-corrected chi connectivity index (χ1v) is 9.79. The van der Waals surface area contributed by atoms with E-state index in [0.29, 0.717) is 17.2 Å². The smallest absolute Gasteiger partial charge is 0.260 e. The first-order chi connectivity index (χ1) is 14.5. The van der Waals surface area contributed by atoms with E-state index >= 15 is 0 Å². The molecule has 0 unspecified atom stereocenters. The Hall–Kier alpha value is -3.49. The molecule has 0 bridgehead atoms. The molecule has 0 aliphatic carbocycles. The van der Waals surface area contributed by atoms with Gasteiger partial charge < -0.3 is 15.0 Å². The van der Waals surface area contributed by atoms with Gasteiger partial charge in [-0.3, -0.25) is 9.48 Å². The largest absolute Gasteiger partial charge is 0.481 e. The summed E-state index contributed by atoms with van der Waals surface area (Å²) in [6, 6.07) is 4.61. The Bertz CT molecular complexity index is 1060. The molecule has 1 saturated heterocycles. The summed E-state index contributed by atoms with van der Waals surface area (Å²) >= 11 is 0. The van der Waals surface area contributed by atoms with Gasteiger partial charge in [0.25, 0.3) is 5.91 Å². The van der Waals surface area contributed by atoms with Gasteiger partial charge in [0.2, 0.25) is 5.95 Å². The van der Waals surface area contributed by atoms with Crippen molar-refractivity contribution in [1.82, 2.24) is 24.6 Å². The summed E-state index contributed by atoms with van der Waals surface area (Å²) < 4.78 is 21.7. The van der Waals surface area contributed by atoms with Gasteiger partial charge in [0, 0.05) is 38.1 Å². The zero-order chi connectivity index (χ0) is 21.1. The molecule has 1 fully saturated rings. The van der Waals surface area contributed by atoms with Crippen LogP contribution in [-0.4, -0.2) is 50.3 Å².